The van der Waals surface area contributed by atoms with E-state index in [0.29, 0.717) is 12.8 Å². The summed E-state index contributed by atoms with van der Waals surface area (Å²) in [4.78, 5) is 34.4. The summed E-state index contributed by atoms with van der Waals surface area (Å²) in [6.07, 6.45) is 1.94. The largest absolute Gasteiger partial charge is 0.462 e. The van der Waals surface area contributed by atoms with Crippen molar-refractivity contribution in [1.82, 2.24) is 10.9 Å². The van der Waals surface area contributed by atoms with Crippen LogP contribution in [0, 0.1) is 34.5 Å². The van der Waals surface area contributed by atoms with Crippen molar-refractivity contribution in [2.24, 2.45) is 0 Å². The molecule has 0 fully saturated rings. The molecule has 0 aliphatic heterocycles. The molecule has 0 radical (unpaired) electrons. The molecule has 1 aromatic rings. The van der Waals surface area contributed by atoms with Crippen LogP contribution in [-0.2, 0) is 9.53 Å². The van der Waals surface area contributed by atoms with Gasteiger partial charge in [-0.1, -0.05) is 13.3 Å². The Morgan fingerprint density at radius 1 is 1.22 bits per heavy atom. The number of benzene rings is 1. The average Bonchev–Trinajstić information content (AvgIpc) is 2.62. The van der Waals surface area contributed by atoms with Crippen LogP contribution in [0.4, 0.5) is 18.9 Å². The average molecular weight is 389 g/mol. The molecule has 0 spiro atoms. The number of nitrogens with zero attached hydrogens (tertiary/aromatic N) is 1. The molecule has 0 aliphatic rings. The van der Waals surface area contributed by atoms with Crippen molar-refractivity contribution in [3.05, 3.63) is 50.5 Å². The number of unbranched alkanes of at least 4 members (excludes halogenated alkanes) is 1. The number of nitro benzene ring substituents is 1. The van der Waals surface area contributed by atoms with Crippen LogP contribution in [0.3, 0.4) is 0 Å². The van der Waals surface area contributed by atoms with Gasteiger partial charge in [-0.25, -0.2) is 19.0 Å². The summed E-state index contributed by atoms with van der Waals surface area (Å²) in [5.41, 5.74) is -0.172. The molecule has 0 saturated heterocycles. The molecular formula is C16H18F3N3O5. The molecule has 27 heavy (non-hydrogen) atoms. The molecule has 148 valence electrons. The monoisotopic (exact) mass is 389 g/mol. The Morgan fingerprint density at radius 3 is 2.37 bits per heavy atom. The number of hydrogen-bond donors (Lipinski definition) is 2. The van der Waals surface area contributed by atoms with Crippen molar-refractivity contribution in [3.63, 3.8) is 0 Å². The first-order chi connectivity index (χ1) is 12.7. The molecule has 1 rings (SSSR count). The predicted octanol–water partition coefficient (Wildman–Crippen LogP) is 2.45. The molecule has 0 atom stereocenters. The summed E-state index contributed by atoms with van der Waals surface area (Å²) in [6.45, 7) is 2.57. The van der Waals surface area contributed by atoms with Crippen LogP contribution in [0.2, 0.25) is 0 Å². The molecule has 1 aromatic carbocycles. The molecular weight excluding hydrogens is 371 g/mol. The minimum absolute atomic E-state index is 0.0547. The zero-order valence-corrected chi connectivity index (χ0v) is 14.8. The van der Waals surface area contributed by atoms with Crippen LogP contribution in [0.5, 0.6) is 0 Å². The SMILES string of the molecule is CCCCOC(=O)C(=CNNC)C(=O)c1c(F)c(C)c(F)c(F)c1[N+](=O)[O-]. The summed E-state index contributed by atoms with van der Waals surface area (Å²) >= 11 is 0. The highest BCUT2D eigenvalue weighted by Gasteiger charge is 2.37. The van der Waals surface area contributed by atoms with E-state index < -0.39 is 56.5 Å². The Kier molecular flexibility index (Phi) is 7.91. The highest BCUT2D eigenvalue weighted by molar-refractivity contribution is 6.25. The standard InChI is InChI=1S/C16H18F3N3O5/c1-4-5-6-27-16(24)9(7-21-20-3)15(23)10-11(17)8(2)12(18)13(19)14(10)22(25)26/h7,20-21H,4-6H2,1-3H3. The van der Waals surface area contributed by atoms with Crippen LogP contribution in [0.15, 0.2) is 11.8 Å². The van der Waals surface area contributed by atoms with Crippen molar-refractivity contribution in [2.45, 2.75) is 26.7 Å². The summed E-state index contributed by atoms with van der Waals surface area (Å²) in [5.74, 6) is -8.15. The van der Waals surface area contributed by atoms with Crippen molar-refractivity contribution >= 4 is 17.4 Å². The number of nitrogens with one attached hydrogen (secondary N) is 2. The number of halogens is 3. The highest BCUT2D eigenvalue weighted by Crippen LogP contribution is 2.32. The fourth-order valence-electron chi connectivity index (χ4n) is 2.03. The molecule has 0 saturated carbocycles. The Bertz CT molecular complexity index is 796. The van der Waals surface area contributed by atoms with Gasteiger partial charge >= 0.3 is 11.7 Å². The first-order valence-electron chi connectivity index (χ1n) is 7.84. The van der Waals surface area contributed by atoms with Gasteiger partial charge in [-0.3, -0.25) is 14.9 Å². The van der Waals surface area contributed by atoms with Crippen LogP contribution < -0.4 is 10.9 Å². The maximum Gasteiger partial charge on any atom is 0.343 e. The third-order valence-electron chi connectivity index (χ3n) is 3.48. The second-order valence-corrected chi connectivity index (χ2v) is 5.32. The van der Waals surface area contributed by atoms with Gasteiger partial charge in [0.2, 0.25) is 11.6 Å². The summed E-state index contributed by atoms with van der Waals surface area (Å²) in [7, 11) is 1.38. The number of hydrazine groups is 1. The van der Waals surface area contributed by atoms with E-state index >= 15 is 0 Å². The number of ketones is 1. The van der Waals surface area contributed by atoms with Crippen LogP contribution in [0.25, 0.3) is 0 Å². The molecule has 11 heteroatoms. The van der Waals surface area contributed by atoms with Gasteiger partial charge in [0.25, 0.3) is 0 Å². The number of carbonyl (C=O) groups excluding carboxylic acids is 2. The van der Waals surface area contributed by atoms with E-state index in [4.69, 9.17) is 4.74 Å². The smallest absolute Gasteiger partial charge is 0.343 e. The van der Waals surface area contributed by atoms with E-state index in [9.17, 15) is 32.9 Å². The van der Waals surface area contributed by atoms with Crippen molar-refractivity contribution < 1.29 is 32.4 Å². The minimum Gasteiger partial charge on any atom is -0.462 e. The molecule has 8 nitrogen and oxygen atoms in total. The number of Topliss-reactive ketones (excluding diaryl/α,β-unsaturated/α-hetero) is 1. The second-order valence-electron chi connectivity index (χ2n) is 5.32. The second kappa shape index (κ2) is 9.67. The zero-order valence-electron chi connectivity index (χ0n) is 14.8. The lowest BCUT2D eigenvalue weighted by Crippen LogP contribution is -2.27. The van der Waals surface area contributed by atoms with Crippen molar-refractivity contribution in [3.8, 4) is 0 Å². The van der Waals surface area contributed by atoms with Gasteiger partial charge in [0.15, 0.2) is 5.82 Å². The van der Waals surface area contributed by atoms with Gasteiger partial charge in [-0.15, -0.1) is 0 Å². The molecule has 0 bridgehead atoms. The Morgan fingerprint density at radius 2 is 1.85 bits per heavy atom. The number of nitro groups is 1. The summed E-state index contributed by atoms with van der Waals surface area (Å²) in [6, 6.07) is 0. The molecule has 0 heterocycles. The highest BCUT2D eigenvalue weighted by atomic mass is 19.2. The van der Waals surface area contributed by atoms with E-state index in [1.165, 1.54) is 7.05 Å². The van der Waals surface area contributed by atoms with E-state index in [1.54, 1.807) is 0 Å². The van der Waals surface area contributed by atoms with Crippen LogP contribution in [0.1, 0.15) is 35.7 Å². The zero-order chi connectivity index (χ0) is 20.7. The van der Waals surface area contributed by atoms with Gasteiger partial charge in [0, 0.05) is 18.8 Å². The number of rotatable bonds is 9. The maximum absolute atomic E-state index is 14.4. The van der Waals surface area contributed by atoms with E-state index in [1.807, 2.05) is 6.92 Å². The maximum atomic E-state index is 14.4. The molecule has 0 aromatic heterocycles. The normalized spacial score (nSPS) is 11.3. The van der Waals surface area contributed by atoms with E-state index in [2.05, 4.69) is 10.9 Å². The van der Waals surface area contributed by atoms with Gasteiger partial charge in [-0.05, 0) is 13.3 Å². The molecule has 0 amide bonds. The van der Waals surface area contributed by atoms with E-state index in [-0.39, 0.29) is 6.61 Å². The fraction of sp³-hybridized carbons (Fsp3) is 0.375. The number of carbonyl (C=O) groups is 2. The van der Waals surface area contributed by atoms with Crippen LogP contribution in [-0.4, -0.2) is 30.3 Å². The lowest BCUT2D eigenvalue weighted by molar-refractivity contribution is -0.388. The van der Waals surface area contributed by atoms with Crippen molar-refractivity contribution in [2.75, 3.05) is 13.7 Å². The fourth-order valence-corrected chi connectivity index (χ4v) is 2.03. The third kappa shape index (κ3) is 4.82. The summed E-state index contributed by atoms with van der Waals surface area (Å²) in [5, 5.41) is 11.1. The van der Waals surface area contributed by atoms with Gasteiger partial charge in [0.1, 0.15) is 17.0 Å². The lowest BCUT2D eigenvalue weighted by atomic mass is 9.98. The Labute approximate surface area is 152 Å². The molecule has 0 aliphatic carbocycles. The number of ether oxygens (including phenoxy) is 1. The van der Waals surface area contributed by atoms with E-state index in [0.717, 1.165) is 13.1 Å². The van der Waals surface area contributed by atoms with Crippen molar-refractivity contribution in [1.29, 1.82) is 0 Å². The number of hydrogen-bond acceptors (Lipinski definition) is 7. The first-order valence-corrected chi connectivity index (χ1v) is 7.84. The third-order valence-corrected chi connectivity index (χ3v) is 3.48. The Hall–Kier alpha value is -2.95. The predicted molar refractivity (Wildman–Crippen MR) is 88.2 cm³/mol. The first kappa shape index (κ1) is 22.1. The summed E-state index contributed by atoms with van der Waals surface area (Å²) < 4.78 is 46.9. The topological polar surface area (TPSA) is 111 Å². The lowest BCUT2D eigenvalue weighted by Gasteiger charge is -2.11. The quantitative estimate of drug-likeness (QED) is 0.0768. The van der Waals surface area contributed by atoms with Gasteiger partial charge in [0.05, 0.1) is 11.5 Å². The van der Waals surface area contributed by atoms with Crippen LogP contribution >= 0.6 is 0 Å². The number of esters is 1. The molecule has 0 unspecified atom stereocenters. The Balaban J connectivity index is 3.54. The van der Waals surface area contributed by atoms with Gasteiger partial charge < -0.3 is 10.2 Å². The minimum atomic E-state index is -2.00. The molecule has 2 N–H and O–H groups in total. The van der Waals surface area contributed by atoms with Gasteiger partial charge in [-0.2, -0.15) is 4.39 Å².